The van der Waals surface area contributed by atoms with Gasteiger partial charge in [-0.2, -0.15) is 0 Å². The average Bonchev–Trinajstić information content (AvgIpc) is 3.09. The van der Waals surface area contributed by atoms with Gasteiger partial charge in [0.15, 0.2) is 11.8 Å². The Morgan fingerprint density at radius 2 is 1.96 bits per heavy atom. The number of carbonyl (C=O) groups excluding carboxylic acids is 2. The summed E-state index contributed by atoms with van der Waals surface area (Å²) in [6.45, 7) is 6.18. The molecule has 0 saturated carbocycles. The molecule has 1 amide bonds. The first-order chi connectivity index (χ1) is 11.5. The van der Waals surface area contributed by atoms with Crippen LogP contribution < -0.4 is 5.32 Å². The fourth-order valence-corrected chi connectivity index (χ4v) is 2.84. The number of nitrogens with zero attached hydrogens (tertiary/aromatic N) is 1. The van der Waals surface area contributed by atoms with Gasteiger partial charge in [-0.3, -0.25) is 4.79 Å². The van der Waals surface area contributed by atoms with E-state index in [4.69, 9.17) is 4.74 Å². The van der Waals surface area contributed by atoms with E-state index in [0.29, 0.717) is 6.54 Å². The zero-order chi connectivity index (χ0) is 17.5. The first kappa shape index (κ1) is 18.1. The molecule has 0 fully saturated rings. The Hall–Kier alpha value is -2.21. The molecule has 24 heavy (non-hydrogen) atoms. The standard InChI is InChI=1S/C18H22N2O3S/c1-4-10-19-16(21)12(3)23-18(22)15-11-24-17(20-15)14-8-6-13(5-2)7-9-14/h6-9,11-12H,4-5,10H2,1-3H3,(H,19,21)/t12-/m1/s1. The monoisotopic (exact) mass is 346 g/mol. The highest BCUT2D eigenvalue weighted by Gasteiger charge is 2.20. The average molecular weight is 346 g/mol. The lowest BCUT2D eigenvalue weighted by Crippen LogP contribution is -2.36. The summed E-state index contributed by atoms with van der Waals surface area (Å²) in [5.41, 5.74) is 2.44. The van der Waals surface area contributed by atoms with Crippen molar-refractivity contribution in [2.75, 3.05) is 6.54 Å². The van der Waals surface area contributed by atoms with E-state index in [0.717, 1.165) is 23.4 Å². The number of benzene rings is 1. The second-order valence-electron chi connectivity index (χ2n) is 5.43. The predicted octanol–water partition coefficient (Wildman–Crippen LogP) is 3.44. The van der Waals surface area contributed by atoms with Gasteiger partial charge >= 0.3 is 5.97 Å². The number of hydrogen-bond acceptors (Lipinski definition) is 5. The maximum Gasteiger partial charge on any atom is 0.358 e. The maximum atomic E-state index is 12.1. The lowest BCUT2D eigenvalue weighted by molar-refractivity contribution is -0.129. The van der Waals surface area contributed by atoms with Gasteiger partial charge in [0.05, 0.1) is 0 Å². The number of amides is 1. The fourth-order valence-electron chi connectivity index (χ4n) is 2.05. The van der Waals surface area contributed by atoms with Gasteiger partial charge in [0.25, 0.3) is 5.91 Å². The van der Waals surface area contributed by atoms with Crippen molar-refractivity contribution in [3.63, 3.8) is 0 Å². The van der Waals surface area contributed by atoms with Crippen LogP contribution in [-0.2, 0) is 16.0 Å². The number of aryl methyl sites for hydroxylation is 1. The fraction of sp³-hybridized carbons (Fsp3) is 0.389. The summed E-state index contributed by atoms with van der Waals surface area (Å²) in [4.78, 5) is 28.2. The molecule has 0 radical (unpaired) electrons. The number of nitrogens with one attached hydrogen (secondary N) is 1. The van der Waals surface area contributed by atoms with Crippen molar-refractivity contribution >= 4 is 23.2 Å². The molecule has 1 atom stereocenters. The predicted molar refractivity (Wildman–Crippen MR) is 95.1 cm³/mol. The van der Waals surface area contributed by atoms with Gasteiger partial charge < -0.3 is 10.1 Å². The van der Waals surface area contributed by atoms with Crippen LogP contribution in [0.3, 0.4) is 0 Å². The third kappa shape index (κ3) is 4.64. The molecular formula is C18H22N2O3S. The summed E-state index contributed by atoms with van der Waals surface area (Å²) in [7, 11) is 0. The van der Waals surface area contributed by atoms with Gasteiger partial charge in [0.2, 0.25) is 0 Å². The van der Waals surface area contributed by atoms with E-state index in [-0.39, 0.29) is 11.6 Å². The Labute approximate surface area is 146 Å². The second kappa shape index (κ2) is 8.59. The highest BCUT2D eigenvalue weighted by molar-refractivity contribution is 7.13. The van der Waals surface area contributed by atoms with Crippen molar-refractivity contribution in [1.82, 2.24) is 10.3 Å². The molecule has 0 bridgehead atoms. The number of thiazole rings is 1. The minimum Gasteiger partial charge on any atom is -0.448 e. The second-order valence-corrected chi connectivity index (χ2v) is 6.29. The molecule has 0 spiro atoms. The van der Waals surface area contributed by atoms with Crippen LogP contribution in [0.1, 0.15) is 43.2 Å². The van der Waals surface area contributed by atoms with Gasteiger partial charge in [-0.15, -0.1) is 11.3 Å². The summed E-state index contributed by atoms with van der Waals surface area (Å²) >= 11 is 1.38. The molecule has 0 aliphatic heterocycles. The lowest BCUT2D eigenvalue weighted by atomic mass is 10.1. The van der Waals surface area contributed by atoms with E-state index >= 15 is 0 Å². The molecular weight excluding hydrogens is 324 g/mol. The molecule has 2 aromatic rings. The van der Waals surface area contributed by atoms with Crippen molar-refractivity contribution in [3.8, 4) is 10.6 Å². The summed E-state index contributed by atoms with van der Waals surface area (Å²) < 4.78 is 5.17. The van der Waals surface area contributed by atoms with E-state index in [1.54, 1.807) is 12.3 Å². The number of ether oxygens (including phenoxy) is 1. The summed E-state index contributed by atoms with van der Waals surface area (Å²) in [6.07, 6.45) is 0.977. The van der Waals surface area contributed by atoms with Gasteiger partial charge in [0, 0.05) is 17.5 Å². The highest BCUT2D eigenvalue weighted by atomic mass is 32.1. The van der Waals surface area contributed by atoms with E-state index in [2.05, 4.69) is 29.4 Å². The molecule has 1 heterocycles. The van der Waals surface area contributed by atoms with E-state index < -0.39 is 12.1 Å². The number of aromatic nitrogens is 1. The summed E-state index contributed by atoms with van der Waals surface area (Å²) in [6, 6.07) is 8.09. The number of hydrogen-bond donors (Lipinski definition) is 1. The molecule has 0 saturated heterocycles. The molecule has 0 unspecified atom stereocenters. The lowest BCUT2D eigenvalue weighted by Gasteiger charge is -2.12. The smallest absolute Gasteiger partial charge is 0.358 e. The molecule has 2 rings (SSSR count). The largest absolute Gasteiger partial charge is 0.448 e. The van der Waals surface area contributed by atoms with Crippen LogP contribution >= 0.6 is 11.3 Å². The molecule has 0 aliphatic carbocycles. The van der Waals surface area contributed by atoms with Crippen LogP contribution in [0.5, 0.6) is 0 Å². The van der Waals surface area contributed by atoms with Crippen LogP contribution in [0.2, 0.25) is 0 Å². The topological polar surface area (TPSA) is 68.3 Å². The zero-order valence-electron chi connectivity index (χ0n) is 14.2. The zero-order valence-corrected chi connectivity index (χ0v) is 15.0. The van der Waals surface area contributed by atoms with Gasteiger partial charge in [0.1, 0.15) is 5.01 Å². The number of carbonyl (C=O) groups is 2. The van der Waals surface area contributed by atoms with Crippen molar-refractivity contribution in [1.29, 1.82) is 0 Å². The molecule has 6 heteroatoms. The maximum absolute atomic E-state index is 12.1. The van der Waals surface area contributed by atoms with Crippen LogP contribution in [0.4, 0.5) is 0 Å². The SMILES string of the molecule is CCCNC(=O)[C@@H](C)OC(=O)c1csc(-c2ccc(CC)cc2)n1. The first-order valence-corrected chi connectivity index (χ1v) is 8.96. The Kier molecular flexibility index (Phi) is 6.49. The van der Waals surface area contributed by atoms with Crippen molar-refractivity contribution in [2.24, 2.45) is 0 Å². The van der Waals surface area contributed by atoms with E-state index in [9.17, 15) is 9.59 Å². The molecule has 1 N–H and O–H groups in total. The summed E-state index contributed by atoms with van der Waals surface area (Å²) in [5.74, 6) is -0.877. The first-order valence-electron chi connectivity index (χ1n) is 8.08. The Morgan fingerprint density at radius 1 is 1.25 bits per heavy atom. The normalized spacial score (nSPS) is 11.8. The quantitative estimate of drug-likeness (QED) is 0.780. The molecule has 5 nitrogen and oxygen atoms in total. The number of esters is 1. The van der Waals surface area contributed by atoms with Gasteiger partial charge in [-0.1, -0.05) is 38.1 Å². The van der Waals surface area contributed by atoms with Crippen molar-refractivity contribution in [3.05, 3.63) is 40.9 Å². The van der Waals surface area contributed by atoms with Crippen molar-refractivity contribution in [2.45, 2.75) is 39.7 Å². The van der Waals surface area contributed by atoms with E-state index in [1.807, 2.05) is 19.1 Å². The number of rotatable bonds is 7. The third-order valence-electron chi connectivity index (χ3n) is 3.52. The van der Waals surface area contributed by atoms with Crippen molar-refractivity contribution < 1.29 is 14.3 Å². The Balaban J connectivity index is 2.01. The minimum absolute atomic E-state index is 0.227. The van der Waals surface area contributed by atoms with Gasteiger partial charge in [-0.05, 0) is 25.3 Å². The van der Waals surface area contributed by atoms with E-state index in [1.165, 1.54) is 16.9 Å². The van der Waals surface area contributed by atoms with Crippen LogP contribution in [0.25, 0.3) is 10.6 Å². The Bertz CT molecular complexity index is 695. The molecule has 128 valence electrons. The molecule has 1 aromatic heterocycles. The minimum atomic E-state index is -0.835. The third-order valence-corrected chi connectivity index (χ3v) is 4.42. The highest BCUT2D eigenvalue weighted by Crippen LogP contribution is 2.24. The Morgan fingerprint density at radius 3 is 2.58 bits per heavy atom. The van der Waals surface area contributed by atoms with Gasteiger partial charge in [-0.25, -0.2) is 9.78 Å². The molecule has 1 aromatic carbocycles. The molecule has 0 aliphatic rings. The summed E-state index contributed by atoms with van der Waals surface area (Å²) in [5, 5.41) is 5.11. The van der Waals surface area contributed by atoms with Crippen LogP contribution in [0.15, 0.2) is 29.6 Å². The van der Waals surface area contributed by atoms with Crippen LogP contribution in [0, 0.1) is 0 Å². The van der Waals surface area contributed by atoms with Crippen LogP contribution in [-0.4, -0.2) is 29.5 Å².